The molecule has 3 rings (SSSR count). The number of nitrogens with one attached hydrogen (secondary N) is 2. The lowest BCUT2D eigenvalue weighted by atomic mass is 10.2. The Balaban J connectivity index is 1.47. The van der Waals surface area contributed by atoms with E-state index in [0.717, 1.165) is 50.8 Å². The zero-order valence-electron chi connectivity index (χ0n) is 14.3. The van der Waals surface area contributed by atoms with Crippen LogP contribution in [0.4, 0.5) is 5.82 Å². The number of pyridine rings is 1. The standard InChI is InChI=1S/C19H24N4O2/c24-19(21-15-16-5-2-1-3-6-16)17-7-4-8-18(22-17)20-9-10-23-11-13-25-14-12-23/h1-8H,9-15H2,(H,20,22)(H,21,24). The molecule has 0 unspecified atom stereocenters. The first-order valence-electron chi connectivity index (χ1n) is 8.64. The van der Waals surface area contributed by atoms with E-state index in [1.807, 2.05) is 42.5 Å². The number of nitrogens with zero attached hydrogens (tertiary/aromatic N) is 2. The van der Waals surface area contributed by atoms with Crippen molar-refractivity contribution in [3.8, 4) is 0 Å². The number of amides is 1. The van der Waals surface area contributed by atoms with Crippen molar-refractivity contribution >= 4 is 11.7 Å². The van der Waals surface area contributed by atoms with Crippen LogP contribution in [0, 0.1) is 0 Å². The number of hydrogen-bond donors (Lipinski definition) is 2. The van der Waals surface area contributed by atoms with E-state index in [1.54, 1.807) is 6.07 Å². The number of aromatic nitrogens is 1. The van der Waals surface area contributed by atoms with Crippen LogP contribution in [-0.2, 0) is 11.3 Å². The zero-order chi connectivity index (χ0) is 17.3. The van der Waals surface area contributed by atoms with Gasteiger partial charge in [0.15, 0.2) is 0 Å². The summed E-state index contributed by atoms with van der Waals surface area (Å²) in [4.78, 5) is 19.0. The van der Waals surface area contributed by atoms with Gasteiger partial charge in [-0.2, -0.15) is 0 Å². The SMILES string of the molecule is O=C(NCc1ccccc1)c1cccc(NCCN2CCOCC2)n1. The maximum absolute atomic E-state index is 12.3. The van der Waals surface area contributed by atoms with Crippen LogP contribution in [0.15, 0.2) is 48.5 Å². The molecule has 2 aromatic rings. The van der Waals surface area contributed by atoms with Gasteiger partial charge in [0.1, 0.15) is 11.5 Å². The lowest BCUT2D eigenvalue weighted by Gasteiger charge is -2.26. The number of benzene rings is 1. The molecular weight excluding hydrogens is 316 g/mol. The molecule has 0 radical (unpaired) electrons. The van der Waals surface area contributed by atoms with E-state index >= 15 is 0 Å². The van der Waals surface area contributed by atoms with Crippen LogP contribution in [0.1, 0.15) is 16.1 Å². The summed E-state index contributed by atoms with van der Waals surface area (Å²) >= 11 is 0. The zero-order valence-corrected chi connectivity index (χ0v) is 14.3. The minimum absolute atomic E-state index is 0.166. The molecule has 6 nitrogen and oxygen atoms in total. The molecular formula is C19H24N4O2. The number of carbonyl (C=O) groups is 1. The first kappa shape index (κ1) is 17.4. The Hall–Kier alpha value is -2.44. The number of ether oxygens (including phenoxy) is 1. The highest BCUT2D eigenvalue weighted by molar-refractivity contribution is 5.92. The average molecular weight is 340 g/mol. The third-order valence-electron chi connectivity index (χ3n) is 4.12. The molecule has 1 aliphatic heterocycles. The van der Waals surface area contributed by atoms with Gasteiger partial charge >= 0.3 is 0 Å². The highest BCUT2D eigenvalue weighted by Crippen LogP contribution is 2.06. The smallest absolute Gasteiger partial charge is 0.270 e. The molecule has 2 N–H and O–H groups in total. The van der Waals surface area contributed by atoms with Gasteiger partial charge in [0.2, 0.25) is 0 Å². The van der Waals surface area contributed by atoms with Crippen molar-refractivity contribution in [2.45, 2.75) is 6.54 Å². The Labute approximate surface area is 148 Å². The number of anilines is 1. The van der Waals surface area contributed by atoms with Crippen molar-refractivity contribution in [1.82, 2.24) is 15.2 Å². The second-order valence-corrected chi connectivity index (χ2v) is 5.96. The molecule has 0 aliphatic carbocycles. The normalized spacial score (nSPS) is 14.9. The fraction of sp³-hybridized carbons (Fsp3) is 0.368. The van der Waals surface area contributed by atoms with Crippen molar-refractivity contribution in [2.75, 3.05) is 44.7 Å². The van der Waals surface area contributed by atoms with Gasteiger partial charge in [-0.1, -0.05) is 36.4 Å². The Morgan fingerprint density at radius 3 is 2.68 bits per heavy atom. The largest absolute Gasteiger partial charge is 0.379 e. The molecule has 0 saturated carbocycles. The lowest BCUT2D eigenvalue weighted by molar-refractivity contribution is 0.0398. The molecule has 1 aromatic carbocycles. The molecule has 1 saturated heterocycles. The van der Waals surface area contributed by atoms with Crippen molar-refractivity contribution < 1.29 is 9.53 Å². The van der Waals surface area contributed by atoms with E-state index < -0.39 is 0 Å². The summed E-state index contributed by atoms with van der Waals surface area (Å²) in [5, 5.41) is 6.19. The molecule has 0 bridgehead atoms. The van der Waals surface area contributed by atoms with Gasteiger partial charge in [0, 0.05) is 32.7 Å². The van der Waals surface area contributed by atoms with Gasteiger partial charge in [-0.25, -0.2) is 4.98 Å². The summed E-state index contributed by atoms with van der Waals surface area (Å²) in [6, 6.07) is 15.3. The number of hydrogen-bond acceptors (Lipinski definition) is 5. The molecule has 0 spiro atoms. The summed E-state index contributed by atoms with van der Waals surface area (Å²) in [5.41, 5.74) is 1.49. The Bertz CT molecular complexity index is 672. The summed E-state index contributed by atoms with van der Waals surface area (Å²) in [6.45, 7) is 5.77. The highest BCUT2D eigenvalue weighted by Gasteiger charge is 2.10. The fourth-order valence-corrected chi connectivity index (χ4v) is 2.70. The molecule has 132 valence electrons. The van der Waals surface area contributed by atoms with E-state index in [0.29, 0.717) is 12.2 Å². The predicted octanol–water partition coefficient (Wildman–Crippen LogP) is 1.76. The molecule has 2 heterocycles. The Morgan fingerprint density at radius 2 is 1.88 bits per heavy atom. The molecule has 1 aliphatic rings. The second-order valence-electron chi connectivity index (χ2n) is 5.96. The third kappa shape index (κ3) is 5.55. The van der Waals surface area contributed by atoms with Gasteiger partial charge in [-0.3, -0.25) is 9.69 Å². The van der Waals surface area contributed by atoms with E-state index in [2.05, 4.69) is 20.5 Å². The van der Waals surface area contributed by atoms with Crippen LogP contribution in [0.2, 0.25) is 0 Å². The molecule has 1 amide bonds. The van der Waals surface area contributed by atoms with Gasteiger partial charge in [0.05, 0.1) is 13.2 Å². The van der Waals surface area contributed by atoms with Crippen LogP contribution in [0.5, 0.6) is 0 Å². The monoisotopic (exact) mass is 340 g/mol. The first-order valence-corrected chi connectivity index (χ1v) is 8.64. The van der Waals surface area contributed by atoms with Gasteiger partial charge in [0.25, 0.3) is 5.91 Å². The van der Waals surface area contributed by atoms with Crippen LogP contribution in [0.3, 0.4) is 0 Å². The third-order valence-corrected chi connectivity index (χ3v) is 4.12. The number of rotatable bonds is 7. The quantitative estimate of drug-likeness (QED) is 0.804. The van der Waals surface area contributed by atoms with E-state index in [4.69, 9.17) is 4.74 Å². The topological polar surface area (TPSA) is 66.5 Å². The van der Waals surface area contributed by atoms with Crippen molar-refractivity contribution in [3.05, 3.63) is 59.8 Å². The minimum atomic E-state index is -0.166. The molecule has 1 aromatic heterocycles. The predicted molar refractivity (Wildman–Crippen MR) is 97.6 cm³/mol. The summed E-state index contributed by atoms with van der Waals surface area (Å²) in [5.74, 6) is 0.557. The van der Waals surface area contributed by atoms with E-state index in [-0.39, 0.29) is 5.91 Å². The summed E-state index contributed by atoms with van der Waals surface area (Å²) in [7, 11) is 0. The van der Waals surface area contributed by atoms with Crippen molar-refractivity contribution in [1.29, 1.82) is 0 Å². The Morgan fingerprint density at radius 1 is 1.08 bits per heavy atom. The maximum atomic E-state index is 12.3. The van der Waals surface area contributed by atoms with Crippen LogP contribution < -0.4 is 10.6 Å². The Kier molecular flexibility index (Phi) is 6.36. The van der Waals surface area contributed by atoms with Gasteiger partial charge in [-0.05, 0) is 17.7 Å². The van der Waals surface area contributed by atoms with Crippen LogP contribution in [0.25, 0.3) is 0 Å². The average Bonchev–Trinajstić information content (AvgIpc) is 2.68. The van der Waals surface area contributed by atoms with Crippen LogP contribution >= 0.6 is 0 Å². The van der Waals surface area contributed by atoms with Gasteiger partial charge in [-0.15, -0.1) is 0 Å². The van der Waals surface area contributed by atoms with E-state index in [9.17, 15) is 4.79 Å². The molecule has 1 fully saturated rings. The lowest BCUT2D eigenvalue weighted by Crippen LogP contribution is -2.39. The van der Waals surface area contributed by atoms with Crippen molar-refractivity contribution in [3.63, 3.8) is 0 Å². The summed E-state index contributed by atoms with van der Waals surface area (Å²) < 4.78 is 5.34. The number of carbonyl (C=O) groups excluding carboxylic acids is 1. The second kappa shape index (κ2) is 9.15. The van der Waals surface area contributed by atoms with E-state index in [1.165, 1.54) is 0 Å². The minimum Gasteiger partial charge on any atom is -0.379 e. The molecule has 6 heteroatoms. The molecule has 0 atom stereocenters. The maximum Gasteiger partial charge on any atom is 0.270 e. The molecule has 25 heavy (non-hydrogen) atoms. The van der Waals surface area contributed by atoms with Crippen molar-refractivity contribution in [2.24, 2.45) is 0 Å². The summed E-state index contributed by atoms with van der Waals surface area (Å²) in [6.07, 6.45) is 0. The van der Waals surface area contributed by atoms with Crippen LogP contribution in [-0.4, -0.2) is 55.2 Å². The first-order chi connectivity index (χ1) is 12.3. The van der Waals surface area contributed by atoms with Gasteiger partial charge < -0.3 is 15.4 Å². The fourth-order valence-electron chi connectivity index (χ4n) is 2.70. The number of morpholine rings is 1. The highest BCUT2D eigenvalue weighted by atomic mass is 16.5.